The summed E-state index contributed by atoms with van der Waals surface area (Å²) in [5.74, 6) is 1.05. The smallest absolute Gasteiger partial charge is 0.112 e. The molecule has 0 aliphatic heterocycles. The van der Waals surface area contributed by atoms with Gasteiger partial charge in [0.25, 0.3) is 0 Å². The van der Waals surface area contributed by atoms with Gasteiger partial charge in [-0.15, -0.1) is 0 Å². The summed E-state index contributed by atoms with van der Waals surface area (Å²) in [6.07, 6.45) is 2.44. The fourth-order valence-corrected chi connectivity index (χ4v) is 2.46. The summed E-state index contributed by atoms with van der Waals surface area (Å²) in [7, 11) is 0. The molecule has 18 heavy (non-hydrogen) atoms. The minimum atomic E-state index is 0.0598. The number of nitrogens with two attached hydrogens (primary N) is 1. The lowest BCUT2D eigenvalue weighted by Crippen LogP contribution is -2.19. The van der Waals surface area contributed by atoms with Gasteiger partial charge in [-0.3, -0.25) is 0 Å². The lowest BCUT2D eigenvalue weighted by Gasteiger charge is -2.13. The van der Waals surface area contributed by atoms with Crippen LogP contribution in [0.5, 0.6) is 0 Å². The van der Waals surface area contributed by atoms with Gasteiger partial charge in [0, 0.05) is 17.4 Å². The van der Waals surface area contributed by atoms with E-state index >= 15 is 0 Å². The van der Waals surface area contributed by atoms with E-state index in [-0.39, 0.29) is 10.8 Å². The van der Waals surface area contributed by atoms with Gasteiger partial charge in [-0.05, 0) is 30.5 Å². The second kappa shape index (κ2) is 3.58. The molecule has 0 atom stereocenters. The Labute approximate surface area is 108 Å². The molecule has 1 aromatic heterocycles. The third-order valence-corrected chi connectivity index (χ3v) is 4.05. The molecule has 3 rings (SSSR count). The van der Waals surface area contributed by atoms with Crippen LogP contribution in [0.4, 0.5) is 0 Å². The molecule has 0 radical (unpaired) electrons. The number of imidazole rings is 1. The van der Waals surface area contributed by atoms with Crippen molar-refractivity contribution < 1.29 is 0 Å². The first-order valence-electron chi connectivity index (χ1n) is 6.65. The van der Waals surface area contributed by atoms with Crippen molar-refractivity contribution in [3.63, 3.8) is 0 Å². The largest absolute Gasteiger partial charge is 0.342 e. The summed E-state index contributed by atoms with van der Waals surface area (Å²) >= 11 is 0. The van der Waals surface area contributed by atoms with Gasteiger partial charge in [-0.2, -0.15) is 0 Å². The minimum Gasteiger partial charge on any atom is -0.342 e. The van der Waals surface area contributed by atoms with Crippen molar-refractivity contribution in [3.05, 3.63) is 29.6 Å². The fraction of sp³-hybridized carbons (Fsp3) is 0.533. The maximum atomic E-state index is 5.89. The molecular weight excluding hydrogens is 222 g/mol. The van der Waals surface area contributed by atoms with E-state index in [1.165, 1.54) is 18.4 Å². The number of H-pyrrole nitrogens is 1. The van der Waals surface area contributed by atoms with Crippen molar-refractivity contribution in [1.82, 2.24) is 9.97 Å². The molecule has 1 aromatic carbocycles. The quantitative estimate of drug-likeness (QED) is 0.852. The van der Waals surface area contributed by atoms with E-state index in [1.54, 1.807) is 0 Å². The van der Waals surface area contributed by atoms with Gasteiger partial charge in [0.2, 0.25) is 0 Å². The van der Waals surface area contributed by atoms with Gasteiger partial charge in [0.1, 0.15) is 5.82 Å². The fourth-order valence-electron chi connectivity index (χ4n) is 2.46. The van der Waals surface area contributed by atoms with Crippen LogP contribution in [0.1, 0.15) is 45.0 Å². The van der Waals surface area contributed by atoms with E-state index < -0.39 is 0 Å². The summed E-state index contributed by atoms with van der Waals surface area (Å²) < 4.78 is 0. The average Bonchev–Trinajstić information content (AvgIpc) is 2.99. The van der Waals surface area contributed by atoms with Gasteiger partial charge < -0.3 is 10.7 Å². The average molecular weight is 243 g/mol. The molecule has 1 saturated carbocycles. The Bertz CT molecular complexity index is 585. The minimum absolute atomic E-state index is 0.0598. The molecule has 3 nitrogen and oxygen atoms in total. The van der Waals surface area contributed by atoms with E-state index in [0.29, 0.717) is 0 Å². The van der Waals surface area contributed by atoms with Gasteiger partial charge in [0.05, 0.1) is 11.0 Å². The van der Waals surface area contributed by atoms with Crippen molar-refractivity contribution in [3.8, 4) is 0 Å². The molecule has 2 aromatic rings. The van der Waals surface area contributed by atoms with Crippen molar-refractivity contribution >= 4 is 11.0 Å². The summed E-state index contributed by atoms with van der Waals surface area (Å²) in [5.41, 5.74) is 9.76. The van der Waals surface area contributed by atoms with Gasteiger partial charge in [0.15, 0.2) is 0 Å². The second-order valence-electron chi connectivity index (χ2n) is 6.55. The molecule has 96 valence electrons. The number of hydrogen-bond acceptors (Lipinski definition) is 2. The first-order valence-corrected chi connectivity index (χ1v) is 6.65. The molecule has 3 heteroatoms. The van der Waals surface area contributed by atoms with Gasteiger partial charge >= 0.3 is 0 Å². The molecular formula is C15H21N3. The molecule has 1 aliphatic carbocycles. The number of nitrogens with zero attached hydrogens (tertiary/aromatic N) is 1. The third kappa shape index (κ3) is 1.74. The van der Waals surface area contributed by atoms with Crippen molar-refractivity contribution in [2.75, 3.05) is 6.54 Å². The summed E-state index contributed by atoms with van der Waals surface area (Å²) in [6.45, 7) is 7.27. The van der Waals surface area contributed by atoms with Crippen LogP contribution in [-0.4, -0.2) is 16.5 Å². The van der Waals surface area contributed by atoms with Crippen LogP contribution in [0.15, 0.2) is 18.2 Å². The topological polar surface area (TPSA) is 54.7 Å². The molecule has 0 spiro atoms. The van der Waals surface area contributed by atoms with Crippen LogP contribution in [0.25, 0.3) is 11.0 Å². The Morgan fingerprint density at radius 1 is 1.33 bits per heavy atom. The lowest BCUT2D eigenvalue weighted by molar-refractivity contribution is 0.554. The zero-order valence-electron chi connectivity index (χ0n) is 11.4. The highest BCUT2D eigenvalue weighted by atomic mass is 14.9. The van der Waals surface area contributed by atoms with Gasteiger partial charge in [-0.25, -0.2) is 4.98 Å². The van der Waals surface area contributed by atoms with E-state index in [9.17, 15) is 0 Å². The first kappa shape index (κ1) is 11.7. The third-order valence-electron chi connectivity index (χ3n) is 4.05. The molecule has 0 amide bonds. The highest BCUT2D eigenvalue weighted by molar-refractivity contribution is 5.76. The zero-order valence-corrected chi connectivity index (χ0v) is 11.4. The summed E-state index contributed by atoms with van der Waals surface area (Å²) in [5, 5.41) is 0. The highest BCUT2D eigenvalue weighted by Crippen LogP contribution is 2.47. The molecule has 1 heterocycles. The number of aromatic amines is 1. The van der Waals surface area contributed by atoms with Crippen LogP contribution >= 0.6 is 0 Å². The normalized spacial score (nSPS) is 18.2. The van der Waals surface area contributed by atoms with Crippen LogP contribution in [0.3, 0.4) is 0 Å². The molecule has 0 bridgehead atoms. The molecule has 1 fully saturated rings. The van der Waals surface area contributed by atoms with Crippen molar-refractivity contribution in [1.29, 1.82) is 0 Å². The van der Waals surface area contributed by atoms with Crippen LogP contribution in [0, 0.1) is 0 Å². The standard InChI is InChI=1S/C15H21N3/c1-14(2,3)13-17-11-5-4-10(8-12(11)18-13)15(9-16)6-7-15/h4-5,8H,6-7,9,16H2,1-3H3,(H,17,18). The molecule has 1 aliphatic rings. The summed E-state index contributed by atoms with van der Waals surface area (Å²) in [6, 6.07) is 6.54. The van der Waals surface area contributed by atoms with Crippen LogP contribution in [-0.2, 0) is 10.8 Å². The predicted octanol–water partition coefficient (Wildman–Crippen LogP) is 2.85. The number of aromatic nitrogens is 2. The number of hydrogen-bond donors (Lipinski definition) is 2. The molecule has 0 unspecified atom stereocenters. The van der Waals surface area contributed by atoms with Crippen molar-refractivity contribution in [2.45, 2.75) is 44.4 Å². The van der Waals surface area contributed by atoms with E-state index in [0.717, 1.165) is 23.4 Å². The summed E-state index contributed by atoms with van der Waals surface area (Å²) in [4.78, 5) is 8.11. The number of benzene rings is 1. The Morgan fingerprint density at radius 3 is 2.61 bits per heavy atom. The number of nitrogens with one attached hydrogen (secondary N) is 1. The maximum absolute atomic E-state index is 5.89. The Morgan fingerprint density at radius 2 is 2.06 bits per heavy atom. The number of fused-ring (bicyclic) bond motifs is 1. The molecule has 3 N–H and O–H groups in total. The second-order valence-corrected chi connectivity index (χ2v) is 6.55. The highest BCUT2D eigenvalue weighted by Gasteiger charge is 2.42. The Hall–Kier alpha value is -1.35. The zero-order chi connectivity index (χ0) is 13.0. The monoisotopic (exact) mass is 243 g/mol. The molecule has 0 saturated heterocycles. The SMILES string of the molecule is CC(C)(C)c1nc2ccc(C3(CN)CC3)cc2[nH]1. The van der Waals surface area contributed by atoms with Crippen LogP contribution in [0.2, 0.25) is 0 Å². The maximum Gasteiger partial charge on any atom is 0.112 e. The van der Waals surface area contributed by atoms with Crippen molar-refractivity contribution in [2.24, 2.45) is 5.73 Å². The van der Waals surface area contributed by atoms with E-state index in [4.69, 9.17) is 5.73 Å². The Kier molecular flexibility index (Phi) is 2.33. The first-order chi connectivity index (χ1) is 8.44. The van der Waals surface area contributed by atoms with E-state index in [1.807, 2.05) is 0 Å². The predicted molar refractivity (Wildman–Crippen MR) is 74.8 cm³/mol. The van der Waals surface area contributed by atoms with Crippen LogP contribution < -0.4 is 5.73 Å². The van der Waals surface area contributed by atoms with Gasteiger partial charge in [-0.1, -0.05) is 26.8 Å². The van der Waals surface area contributed by atoms with E-state index in [2.05, 4.69) is 48.9 Å². The Balaban J connectivity index is 2.08. The number of rotatable bonds is 2. The lowest BCUT2D eigenvalue weighted by atomic mass is 9.96.